The number of nitrogens with one attached hydrogen (secondary N) is 1. The van der Waals surface area contributed by atoms with Crippen molar-refractivity contribution in [1.29, 1.82) is 0 Å². The summed E-state index contributed by atoms with van der Waals surface area (Å²) in [7, 11) is -0.128. The fourth-order valence-electron chi connectivity index (χ4n) is 3.23. The van der Waals surface area contributed by atoms with Crippen molar-refractivity contribution in [3.8, 4) is 22.9 Å². The predicted octanol–water partition coefficient (Wildman–Crippen LogP) is 3.94. The molecule has 0 spiro atoms. The van der Waals surface area contributed by atoms with E-state index in [4.69, 9.17) is 29.0 Å². The zero-order valence-corrected chi connectivity index (χ0v) is 23.0. The van der Waals surface area contributed by atoms with Crippen LogP contribution in [-0.2, 0) is 25.5 Å². The van der Waals surface area contributed by atoms with Crippen molar-refractivity contribution in [3.05, 3.63) is 49.1 Å². The van der Waals surface area contributed by atoms with Crippen LogP contribution in [0.1, 0.15) is 33.6 Å². The molecule has 0 aliphatic carbocycles. The number of rotatable bonds is 16. The number of hydrogen-bond acceptors (Lipinski definition) is 11. The maximum absolute atomic E-state index is 12.5. The van der Waals surface area contributed by atoms with Crippen LogP contribution in [0.2, 0.25) is 0 Å². The second-order valence-corrected chi connectivity index (χ2v) is 9.40. The van der Waals surface area contributed by atoms with Gasteiger partial charge < -0.3 is 33.6 Å². The summed E-state index contributed by atoms with van der Waals surface area (Å²) in [4.78, 5) is 24.9. The quantitative estimate of drug-likeness (QED) is 0.153. The van der Waals surface area contributed by atoms with Crippen molar-refractivity contribution in [1.82, 2.24) is 24.6 Å². The van der Waals surface area contributed by atoms with Crippen molar-refractivity contribution in [2.45, 2.75) is 52.5 Å². The molecule has 0 aliphatic heterocycles. The summed E-state index contributed by atoms with van der Waals surface area (Å²) in [6.45, 7) is 6.47. The number of esters is 1. The van der Waals surface area contributed by atoms with Crippen LogP contribution in [0.4, 0.5) is 5.95 Å². The first-order valence-electron chi connectivity index (χ1n) is 12.3. The smallest absolute Gasteiger partial charge is 0.323 e. The van der Waals surface area contributed by atoms with Gasteiger partial charge in [-0.1, -0.05) is 32.0 Å². The van der Waals surface area contributed by atoms with Gasteiger partial charge in [0.2, 0.25) is 11.8 Å². The Hall–Kier alpha value is -3.31. The molecular formula is C25H35N6O6P. The van der Waals surface area contributed by atoms with E-state index >= 15 is 0 Å². The first kappa shape index (κ1) is 29.2. The minimum atomic E-state index is -1.64. The van der Waals surface area contributed by atoms with E-state index < -0.39 is 14.6 Å². The molecule has 0 saturated carbocycles. The number of hydrogen-bond donors (Lipinski definition) is 2. The lowest BCUT2D eigenvalue weighted by Gasteiger charge is -2.23. The first-order chi connectivity index (χ1) is 18.4. The molecule has 0 radical (unpaired) electrons. The second kappa shape index (κ2) is 15.2. The standard InChI is InChI=1S/C25H35N6O6P/c1-5-19(6-2)36-24(32)18(3)30-38(37-20-10-8-7-9-11-20)35-13-12-34-17-31-15-22(28-16-31)21-14-27-25(26)29-23(21)33-4/h7-11,14-16,18-19,30H,5-6,12-13,17H2,1-4H3,(H2,26,27,29)/t18-,38-/m1/s1. The highest BCUT2D eigenvalue weighted by Gasteiger charge is 2.24. The van der Waals surface area contributed by atoms with Crippen LogP contribution in [0, 0.1) is 0 Å². The predicted molar refractivity (Wildman–Crippen MR) is 143 cm³/mol. The minimum Gasteiger partial charge on any atom is -0.480 e. The van der Waals surface area contributed by atoms with Gasteiger partial charge >= 0.3 is 14.5 Å². The van der Waals surface area contributed by atoms with E-state index in [1.54, 1.807) is 30.2 Å². The number of nitrogens with zero attached hydrogens (tertiary/aromatic N) is 4. The molecule has 3 rings (SSSR count). The van der Waals surface area contributed by atoms with E-state index in [1.807, 2.05) is 44.2 Å². The van der Waals surface area contributed by atoms with Crippen LogP contribution in [0.5, 0.6) is 11.6 Å². The number of aromatic nitrogens is 4. The third-order valence-corrected chi connectivity index (χ3v) is 6.72. The van der Waals surface area contributed by atoms with Gasteiger partial charge in [0.1, 0.15) is 24.6 Å². The fraction of sp³-hybridized carbons (Fsp3) is 0.440. The topological polar surface area (TPSA) is 145 Å². The second-order valence-electron chi connectivity index (χ2n) is 8.18. The zero-order valence-electron chi connectivity index (χ0n) is 22.1. The van der Waals surface area contributed by atoms with E-state index in [2.05, 4.69) is 20.0 Å². The Kier molecular flexibility index (Phi) is 11.7. The molecule has 1 aromatic carbocycles. The minimum absolute atomic E-state index is 0.111. The number of benzene rings is 1. The van der Waals surface area contributed by atoms with Crippen molar-refractivity contribution < 1.29 is 28.1 Å². The number of para-hydroxylation sites is 1. The van der Waals surface area contributed by atoms with E-state index in [0.717, 1.165) is 12.8 Å². The summed E-state index contributed by atoms with van der Waals surface area (Å²) < 4.78 is 30.2. The normalized spacial score (nSPS) is 12.8. The van der Waals surface area contributed by atoms with Gasteiger partial charge in [-0.3, -0.25) is 4.79 Å². The number of anilines is 1. The number of nitrogen functional groups attached to an aromatic ring is 1. The molecule has 38 heavy (non-hydrogen) atoms. The van der Waals surface area contributed by atoms with E-state index in [0.29, 0.717) is 22.9 Å². The van der Waals surface area contributed by atoms with Crippen molar-refractivity contribution in [2.75, 3.05) is 26.1 Å². The maximum atomic E-state index is 12.5. The Morgan fingerprint density at radius 1 is 1.16 bits per heavy atom. The number of ether oxygens (including phenoxy) is 3. The number of methoxy groups -OCH3 is 1. The Labute approximate surface area is 223 Å². The van der Waals surface area contributed by atoms with Crippen LogP contribution in [0.3, 0.4) is 0 Å². The Balaban J connectivity index is 1.50. The van der Waals surface area contributed by atoms with Gasteiger partial charge in [-0.15, -0.1) is 0 Å². The van der Waals surface area contributed by atoms with Crippen LogP contribution < -0.4 is 20.1 Å². The van der Waals surface area contributed by atoms with Crippen molar-refractivity contribution >= 4 is 20.4 Å². The third kappa shape index (κ3) is 8.91. The molecule has 0 bridgehead atoms. The molecule has 2 aromatic heterocycles. The summed E-state index contributed by atoms with van der Waals surface area (Å²) in [5.74, 6) is 0.744. The molecule has 3 N–H and O–H groups in total. The van der Waals surface area contributed by atoms with Gasteiger partial charge in [0.05, 0.1) is 37.9 Å². The van der Waals surface area contributed by atoms with E-state index in [9.17, 15) is 4.79 Å². The SMILES string of the molecule is CCC(CC)OC(=O)[C@@H](C)N[P@](OCCOCn1cnc(-c2cnc(N)nc2OC)c1)Oc1ccccc1. The lowest BCUT2D eigenvalue weighted by Crippen LogP contribution is -2.35. The number of carbonyl (C=O) groups is 1. The molecule has 3 aromatic rings. The molecule has 0 unspecified atom stereocenters. The molecular weight excluding hydrogens is 511 g/mol. The summed E-state index contributed by atoms with van der Waals surface area (Å²) >= 11 is 0. The summed E-state index contributed by atoms with van der Waals surface area (Å²) in [5.41, 5.74) is 6.87. The molecule has 2 heterocycles. The largest absolute Gasteiger partial charge is 0.480 e. The van der Waals surface area contributed by atoms with Crippen LogP contribution in [0.15, 0.2) is 49.1 Å². The lowest BCUT2D eigenvalue weighted by molar-refractivity contribution is -0.151. The van der Waals surface area contributed by atoms with Crippen LogP contribution in [0.25, 0.3) is 11.3 Å². The first-order valence-corrected chi connectivity index (χ1v) is 13.5. The number of nitrogens with two attached hydrogens (primary N) is 1. The Bertz CT molecular complexity index is 1130. The fourth-order valence-corrected chi connectivity index (χ4v) is 4.38. The lowest BCUT2D eigenvalue weighted by atomic mass is 10.2. The van der Waals surface area contributed by atoms with Crippen molar-refractivity contribution in [2.24, 2.45) is 0 Å². The highest BCUT2D eigenvalue weighted by molar-refractivity contribution is 7.45. The zero-order chi connectivity index (χ0) is 27.3. The average Bonchev–Trinajstić information content (AvgIpc) is 3.40. The molecule has 12 nitrogen and oxygen atoms in total. The molecule has 0 aliphatic rings. The Morgan fingerprint density at radius 3 is 2.63 bits per heavy atom. The van der Waals surface area contributed by atoms with Gasteiger partial charge in [0, 0.05) is 12.4 Å². The van der Waals surface area contributed by atoms with Gasteiger partial charge in [0.15, 0.2) is 0 Å². The van der Waals surface area contributed by atoms with Crippen LogP contribution in [-0.4, -0.2) is 58.0 Å². The summed E-state index contributed by atoms with van der Waals surface area (Å²) in [5, 5.41) is 3.11. The van der Waals surface area contributed by atoms with E-state index in [-0.39, 0.29) is 38.0 Å². The molecule has 0 fully saturated rings. The molecule has 2 atom stereocenters. The average molecular weight is 547 g/mol. The van der Waals surface area contributed by atoms with Gasteiger partial charge in [-0.05, 0) is 31.9 Å². The third-order valence-electron chi connectivity index (χ3n) is 5.33. The maximum Gasteiger partial charge on any atom is 0.323 e. The monoisotopic (exact) mass is 546 g/mol. The number of carbonyl (C=O) groups excluding carboxylic acids is 1. The Morgan fingerprint density at radius 2 is 1.92 bits per heavy atom. The van der Waals surface area contributed by atoms with Crippen LogP contribution >= 0.6 is 8.53 Å². The molecule has 0 amide bonds. The molecule has 0 saturated heterocycles. The number of imidazole rings is 1. The highest BCUT2D eigenvalue weighted by atomic mass is 31.2. The van der Waals surface area contributed by atoms with Gasteiger partial charge in [0.25, 0.3) is 0 Å². The highest BCUT2D eigenvalue weighted by Crippen LogP contribution is 2.36. The molecule has 206 valence electrons. The molecule has 13 heteroatoms. The van der Waals surface area contributed by atoms with Gasteiger partial charge in [-0.2, -0.15) is 4.98 Å². The summed E-state index contributed by atoms with van der Waals surface area (Å²) in [6.07, 6.45) is 6.39. The van der Waals surface area contributed by atoms with Crippen molar-refractivity contribution in [3.63, 3.8) is 0 Å². The van der Waals surface area contributed by atoms with Gasteiger partial charge in [-0.25, -0.2) is 15.1 Å². The summed E-state index contributed by atoms with van der Waals surface area (Å²) in [6, 6.07) is 8.66. The van der Waals surface area contributed by atoms with E-state index in [1.165, 1.54) is 7.11 Å².